The van der Waals surface area contributed by atoms with Crippen molar-refractivity contribution in [1.82, 2.24) is 19.6 Å². The molecule has 0 bridgehead atoms. The largest absolute Gasteiger partial charge is 0.460 e. The number of fused-ring (bicyclic) bond motifs is 1. The van der Waals surface area contributed by atoms with Crippen LogP contribution in [0.15, 0.2) is 30.3 Å². The Balaban J connectivity index is 1.52. The number of hydrogen-bond acceptors (Lipinski definition) is 7. The van der Waals surface area contributed by atoms with Gasteiger partial charge in [0.2, 0.25) is 0 Å². The Morgan fingerprint density at radius 3 is 2.39 bits per heavy atom. The second-order valence-corrected chi connectivity index (χ2v) is 18.9. The van der Waals surface area contributed by atoms with E-state index in [0.29, 0.717) is 36.4 Å². The molecule has 2 amide bonds. The minimum atomic E-state index is -1.25. The van der Waals surface area contributed by atoms with Gasteiger partial charge >= 0.3 is 12.1 Å². The van der Waals surface area contributed by atoms with Crippen LogP contribution in [0.2, 0.25) is 25.7 Å². The molecule has 11 heteroatoms. The van der Waals surface area contributed by atoms with Gasteiger partial charge in [0.15, 0.2) is 5.69 Å². The third kappa shape index (κ3) is 7.76. The maximum absolute atomic E-state index is 13.9. The number of likely N-dealkylation sites (N-methyl/N-ethyl adjacent to an activating group) is 1. The monoisotopic (exact) mass is 584 g/mol. The third-order valence-electron chi connectivity index (χ3n) is 7.52. The quantitative estimate of drug-likeness (QED) is 0.221. The number of rotatable bonds is 10. The van der Waals surface area contributed by atoms with Gasteiger partial charge < -0.3 is 24.0 Å². The molecule has 0 radical (unpaired) electrons. The summed E-state index contributed by atoms with van der Waals surface area (Å²) in [6, 6.07) is 9.85. The predicted molar refractivity (Wildman–Crippen MR) is 157 cm³/mol. The minimum absolute atomic E-state index is 0.107. The van der Waals surface area contributed by atoms with Crippen molar-refractivity contribution in [2.24, 2.45) is 0 Å². The van der Waals surface area contributed by atoms with Crippen molar-refractivity contribution in [2.75, 3.05) is 26.8 Å². The first kappa shape index (κ1) is 30.8. The van der Waals surface area contributed by atoms with E-state index in [4.69, 9.17) is 19.3 Å². The molecule has 0 unspecified atom stereocenters. The standard InChI is InChI=1S/C30H44N4O6Si/c1-29(2,3)40-28(37)33-16-13-24-23(19-33)25(31-34(24)21-38-17-18-41(5,6)7)26(35)32(4)30(14-15-30)20-39-27(36)22-11-9-8-10-12-22/h8-12H,13-21H2,1-7H3. The lowest BCUT2D eigenvalue weighted by molar-refractivity contribution is 0.0217. The van der Waals surface area contributed by atoms with Gasteiger partial charge in [-0.25, -0.2) is 14.3 Å². The van der Waals surface area contributed by atoms with Crippen molar-refractivity contribution < 1.29 is 28.6 Å². The summed E-state index contributed by atoms with van der Waals surface area (Å²) in [5, 5.41) is 4.72. The molecule has 10 nitrogen and oxygen atoms in total. The number of hydrogen-bond donors (Lipinski definition) is 0. The maximum Gasteiger partial charge on any atom is 0.410 e. The lowest BCUT2D eigenvalue weighted by Crippen LogP contribution is -2.44. The number of ether oxygens (including phenoxy) is 3. The summed E-state index contributed by atoms with van der Waals surface area (Å²) in [7, 11) is 0.478. The number of carbonyl (C=O) groups is 3. The molecule has 1 saturated carbocycles. The number of aromatic nitrogens is 2. The van der Waals surface area contributed by atoms with Crippen LogP contribution in [0.1, 0.15) is 65.7 Å². The third-order valence-corrected chi connectivity index (χ3v) is 9.23. The molecule has 0 N–H and O–H groups in total. The zero-order valence-corrected chi connectivity index (χ0v) is 26.5. The molecule has 224 valence electrons. The zero-order valence-electron chi connectivity index (χ0n) is 25.5. The van der Waals surface area contributed by atoms with E-state index in [1.807, 2.05) is 26.8 Å². The lowest BCUT2D eigenvalue weighted by Gasteiger charge is -2.31. The Kier molecular flexibility index (Phi) is 8.98. The second kappa shape index (κ2) is 12.0. The van der Waals surface area contributed by atoms with Gasteiger partial charge in [0, 0.05) is 46.0 Å². The van der Waals surface area contributed by atoms with Crippen LogP contribution in [0.3, 0.4) is 0 Å². The van der Waals surface area contributed by atoms with Crippen molar-refractivity contribution in [2.45, 2.75) is 90.1 Å². The van der Waals surface area contributed by atoms with Crippen molar-refractivity contribution >= 4 is 26.0 Å². The van der Waals surface area contributed by atoms with E-state index in [2.05, 4.69) is 19.6 Å². The van der Waals surface area contributed by atoms with Gasteiger partial charge in [-0.15, -0.1) is 0 Å². The molecule has 0 atom stereocenters. The van der Waals surface area contributed by atoms with Crippen LogP contribution in [0, 0.1) is 0 Å². The fraction of sp³-hybridized carbons (Fsp3) is 0.600. The van der Waals surface area contributed by atoms with Crippen molar-refractivity contribution in [3.05, 3.63) is 52.8 Å². The first-order valence-electron chi connectivity index (χ1n) is 14.3. The molecule has 41 heavy (non-hydrogen) atoms. The number of carbonyl (C=O) groups excluding carboxylic acids is 3. The van der Waals surface area contributed by atoms with Gasteiger partial charge in [0.05, 0.1) is 17.6 Å². The molecule has 2 aromatic rings. The maximum atomic E-state index is 13.9. The molecule has 1 aliphatic carbocycles. The molecule has 1 aromatic heterocycles. The van der Waals surface area contributed by atoms with Gasteiger partial charge in [-0.05, 0) is 51.8 Å². The molecule has 4 rings (SSSR count). The Morgan fingerprint density at radius 1 is 1.10 bits per heavy atom. The van der Waals surface area contributed by atoms with Crippen molar-refractivity contribution in [1.29, 1.82) is 0 Å². The van der Waals surface area contributed by atoms with E-state index in [1.54, 1.807) is 45.8 Å². The summed E-state index contributed by atoms with van der Waals surface area (Å²) in [5.74, 6) is -0.677. The highest BCUT2D eigenvalue weighted by Gasteiger charge is 2.51. The number of nitrogens with zero attached hydrogens (tertiary/aromatic N) is 4. The second-order valence-electron chi connectivity index (χ2n) is 13.3. The Labute approximate surface area is 243 Å². The van der Waals surface area contributed by atoms with E-state index in [1.165, 1.54) is 0 Å². The van der Waals surface area contributed by atoms with Gasteiger partial charge in [0.1, 0.15) is 18.9 Å². The van der Waals surface area contributed by atoms with Crippen LogP contribution in [-0.2, 0) is 33.9 Å². The van der Waals surface area contributed by atoms with E-state index in [0.717, 1.165) is 24.6 Å². The predicted octanol–water partition coefficient (Wildman–Crippen LogP) is 4.95. The fourth-order valence-corrected chi connectivity index (χ4v) is 5.49. The van der Waals surface area contributed by atoms with Crippen LogP contribution in [0.4, 0.5) is 4.79 Å². The SMILES string of the molecule is CN(C(=O)c1nn(COCC[Si](C)(C)C)c2c1CN(C(=O)OC(C)(C)C)CC2)C1(COC(=O)c2ccccc2)CC1. The smallest absolute Gasteiger partial charge is 0.410 e. The average Bonchev–Trinajstić information content (AvgIpc) is 3.62. The van der Waals surface area contributed by atoms with E-state index >= 15 is 0 Å². The summed E-state index contributed by atoms with van der Waals surface area (Å²) >= 11 is 0. The molecular formula is C30H44N4O6Si. The van der Waals surface area contributed by atoms with E-state index in [-0.39, 0.29) is 25.8 Å². The van der Waals surface area contributed by atoms with Crippen LogP contribution < -0.4 is 0 Å². The summed E-state index contributed by atoms with van der Waals surface area (Å²) in [6.45, 7) is 14.1. The van der Waals surface area contributed by atoms with Gasteiger partial charge in [0.25, 0.3) is 5.91 Å². The lowest BCUT2D eigenvalue weighted by atomic mass is 10.0. The number of amides is 2. The van der Waals surface area contributed by atoms with Gasteiger partial charge in [-0.2, -0.15) is 5.10 Å². The summed E-state index contributed by atoms with van der Waals surface area (Å²) in [4.78, 5) is 42.7. The Hall–Kier alpha value is -3.18. The molecule has 1 aliphatic heterocycles. The molecule has 0 saturated heterocycles. The first-order valence-corrected chi connectivity index (χ1v) is 18.0. The van der Waals surface area contributed by atoms with Gasteiger partial charge in [-0.3, -0.25) is 4.79 Å². The minimum Gasteiger partial charge on any atom is -0.460 e. The molecule has 2 heterocycles. The van der Waals surface area contributed by atoms with Gasteiger partial charge in [-0.1, -0.05) is 37.8 Å². The Morgan fingerprint density at radius 2 is 1.78 bits per heavy atom. The molecule has 1 aromatic carbocycles. The van der Waals surface area contributed by atoms with E-state index in [9.17, 15) is 14.4 Å². The first-order chi connectivity index (χ1) is 19.2. The van der Waals surface area contributed by atoms with Crippen LogP contribution in [0.25, 0.3) is 0 Å². The van der Waals surface area contributed by atoms with Crippen LogP contribution >= 0.6 is 0 Å². The number of benzene rings is 1. The zero-order chi connectivity index (χ0) is 30.0. The topological polar surface area (TPSA) is 103 Å². The fourth-order valence-electron chi connectivity index (χ4n) is 4.73. The molecule has 1 fully saturated rings. The van der Waals surface area contributed by atoms with Crippen LogP contribution in [-0.4, -0.2) is 83.6 Å². The highest BCUT2D eigenvalue weighted by molar-refractivity contribution is 6.76. The average molecular weight is 585 g/mol. The Bertz CT molecular complexity index is 1260. The molecule has 2 aliphatic rings. The molecule has 0 spiro atoms. The normalized spacial score (nSPS) is 16.1. The summed E-state index contributed by atoms with van der Waals surface area (Å²) in [5.41, 5.74) is 1.18. The highest BCUT2D eigenvalue weighted by Crippen LogP contribution is 2.42. The highest BCUT2D eigenvalue weighted by atomic mass is 28.3. The van der Waals surface area contributed by atoms with Crippen molar-refractivity contribution in [3.63, 3.8) is 0 Å². The molecular weight excluding hydrogens is 540 g/mol. The summed E-state index contributed by atoms with van der Waals surface area (Å²) in [6.07, 6.45) is 1.57. The number of esters is 1. The van der Waals surface area contributed by atoms with E-state index < -0.39 is 31.3 Å². The summed E-state index contributed by atoms with van der Waals surface area (Å²) < 4.78 is 19.0. The van der Waals surface area contributed by atoms with Crippen molar-refractivity contribution in [3.8, 4) is 0 Å². The van der Waals surface area contributed by atoms with Crippen LogP contribution in [0.5, 0.6) is 0 Å².